The normalized spacial score (nSPS) is 13.0. The average Bonchev–Trinajstić information content (AvgIpc) is 3.55. The number of ether oxygens (including phenoxy) is 1. The van der Waals surface area contributed by atoms with Crippen molar-refractivity contribution < 1.29 is 9.53 Å². The van der Waals surface area contributed by atoms with Crippen LogP contribution in [-0.4, -0.2) is 26.1 Å². The van der Waals surface area contributed by atoms with Crippen molar-refractivity contribution in [2.45, 2.75) is 25.5 Å². The Hall–Kier alpha value is -4.00. The molecule has 3 aromatic carbocycles. The molecule has 0 bridgehead atoms. The first-order chi connectivity index (χ1) is 15.3. The van der Waals surface area contributed by atoms with E-state index in [0.29, 0.717) is 23.9 Å². The number of nitrogens with one attached hydrogen (secondary N) is 1. The maximum Gasteiger partial charge on any atom is 0.255 e. The van der Waals surface area contributed by atoms with Crippen LogP contribution >= 0.6 is 0 Å². The molecule has 1 aliphatic carbocycles. The lowest BCUT2D eigenvalue weighted by Gasteiger charge is -2.09. The van der Waals surface area contributed by atoms with Gasteiger partial charge in [-0.1, -0.05) is 42.5 Å². The van der Waals surface area contributed by atoms with E-state index in [0.717, 1.165) is 35.5 Å². The molecule has 0 atom stereocenters. The van der Waals surface area contributed by atoms with Crippen molar-refractivity contribution in [1.29, 1.82) is 0 Å². The molecule has 0 spiro atoms. The summed E-state index contributed by atoms with van der Waals surface area (Å²) in [4.78, 5) is 12.7. The number of rotatable bonds is 7. The molecule has 0 saturated heterocycles. The van der Waals surface area contributed by atoms with Crippen LogP contribution in [0.4, 0.5) is 5.69 Å². The third-order valence-electron chi connectivity index (χ3n) is 5.13. The Kier molecular flexibility index (Phi) is 5.14. The highest BCUT2D eigenvalue weighted by atomic mass is 16.5. The maximum atomic E-state index is 12.7. The molecule has 1 aliphatic rings. The van der Waals surface area contributed by atoms with Crippen LogP contribution in [0.25, 0.3) is 11.4 Å². The molecule has 0 aliphatic heterocycles. The molecular weight excluding hydrogens is 390 g/mol. The van der Waals surface area contributed by atoms with Crippen LogP contribution in [0.3, 0.4) is 0 Å². The van der Waals surface area contributed by atoms with Gasteiger partial charge in [0.1, 0.15) is 12.4 Å². The number of carbonyl (C=O) groups excluding carboxylic acids is 1. The van der Waals surface area contributed by atoms with Gasteiger partial charge >= 0.3 is 0 Å². The van der Waals surface area contributed by atoms with Crippen molar-refractivity contribution in [2.24, 2.45) is 0 Å². The van der Waals surface area contributed by atoms with Gasteiger partial charge in [-0.2, -0.15) is 0 Å². The van der Waals surface area contributed by atoms with E-state index in [1.54, 1.807) is 12.1 Å². The molecule has 5 rings (SSSR count). The van der Waals surface area contributed by atoms with Gasteiger partial charge in [-0.25, -0.2) is 4.68 Å². The van der Waals surface area contributed by atoms with Gasteiger partial charge in [0.2, 0.25) is 0 Å². The second kappa shape index (κ2) is 8.39. The number of aromatic nitrogens is 4. The summed E-state index contributed by atoms with van der Waals surface area (Å²) in [5.41, 5.74) is 3.15. The summed E-state index contributed by atoms with van der Waals surface area (Å²) in [5.74, 6) is 1.37. The van der Waals surface area contributed by atoms with Crippen molar-refractivity contribution in [2.75, 3.05) is 5.32 Å². The third-order valence-corrected chi connectivity index (χ3v) is 5.13. The molecule has 0 unspecified atom stereocenters. The van der Waals surface area contributed by atoms with E-state index < -0.39 is 0 Å². The monoisotopic (exact) mass is 411 g/mol. The Balaban J connectivity index is 1.24. The number of benzene rings is 3. The van der Waals surface area contributed by atoms with Crippen LogP contribution in [0.15, 0.2) is 78.9 Å². The molecule has 1 heterocycles. The lowest BCUT2D eigenvalue weighted by Crippen LogP contribution is -2.12. The fourth-order valence-corrected chi connectivity index (χ4v) is 3.32. The summed E-state index contributed by atoms with van der Waals surface area (Å²) in [6.45, 7) is 0.448. The van der Waals surface area contributed by atoms with E-state index >= 15 is 0 Å². The van der Waals surface area contributed by atoms with Crippen LogP contribution in [-0.2, 0) is 6.61 Å². The summed E-state index contributed by atoms with van der Waals surface area (Å²) >= 11 is 0. The van der Waals surface area contributed by atoms with Gasteiger partial charge in [0, 0.05) is 16.8 Å². The van der Waals surface area contributed by atoms with Crippen molar-refractivity contribution in [3.8, 4) is 17.1 Å². The molecule has 7 nitrogen and oxygen atoms in total. The van der Waals surface area contributed by atoms with Crippen LogP contribution in [0.2, 0.25) is 0 Å². The van der Waals surface area contributed by atoms with E-state index in [9.17, 15) is 4.79 Å². The lowest BCUT2D eigenvalue weighted by molar-refractivity contribution is 0.102. The van der Waals surface area contributed by atoms with E-state index in [4.69, 9.17) is 4.74 Å². The first-order valence-corrected chi connectivity index (χ1v) is 10.2. The van der Waals surface area contributed by atoms with Crippen LogP contribution in [0.1, 0.15) is 34.8 Å². The molecule has 1 N–H and O–H groups in total. The molecule has 0 radical (unpaired) electrons. The molecule has 154 valence electrons. The van der Waals surface area contributed by atoms with Crippen molar-refractivity contribution in [3.63, 3.8) is 0 Å². The zero-order chi connectivity index (χ0) is 21.0. The minimum atomic E-state index is -0.172. The number of para-hydroxylation sites is 1. The average molecular weight is 411 g/mol. The van der Waals surface area contributed by atoms with Crippen molar-refractivity contribution in [3.05, 3.63) is 90.0 Å². The molecule has 1 amide bonds. The Morgan fingerprint density at radius 2 is 1.81 bits per heavy atom. The molecule has 31 heavy (non-hydrogen) atoms. The highest BCUT2D eigenvalue weighted by Gasteiger charge is 2.28. The number of anilines is 1. The quantitative estimate of drug-likeness (QED) is 0.484. The summed E-state index contributed by atoms with van der Waals surface area (Å²) in [7, 11) is 0. The Bertz CT molecular complexity index is 1180. The maximum absolute atomic E-state index is 12.7. The van der Waals surface area contributed by atoms with Crippen LogP contribution in [0.5, 0.6) is 5.75 Å². The molecule has 1 fully saturated rings. The van der Waals surface area contributed by atoms with Gasteiger partial charge in [0.25, 0.3) is 5.91 Å². The summed E-state index contributed by atoms with van der Waals surface area (Å²) in [6.07, 6.45) is 2.20. The SMILES string of the molecule is O=C(Nc1cccc(-c2nnnn2C2CC2)c1)c1ccc(COc2ccccc2)cc1. The van der Waals surface area contributed by atoms with E-state index in [1.165, 1.54) is 0 Å². The van der Waals surface area contributed by atoms with Gasteiger partial charge in [-0.05, 0) is 65.2 Å². The number of hydrogen-bond donors (Lipinski definition) is 1. The topological polar surface area (TPSA) is 81.9 Å². The van der Waals surface area contributed by atoms with E-state index in [-0.39, 0.29) is 5.91 Å². The van der Waals surface area contributed by atoms with Gasteiger partial charge in [0.15, 0.2) is 5.82 Å². The van der Waals surface area contributed by atoms with Gasteiger partial charge < -0.3 is 10.1 Å². The largest absolute Gasteiger partial charge is 0.489 e. The first kappa shape index (κ1) is 19.0. The van der Waals surface area contributed by atoms with E-state index in [1.807, 2.05) is 71.4 Å². The molecule has 1 saturated carbocycles. The lowest BCUT2D eigenvalue weighted by atomic mass is 10.1. The molecule has 4 aromatic rings. The van der Waals surface area contributed by atoms with E-state index in [2.05, 4.69) is 20.8 Å². The minimum Gasteiger partial charge on any atom is -0.489 e. The predicted molar refractivity (Wildman–Crippen MR) is 117 cm³/mol. The number of nitrogens with zero attached hydrogens (tertiary/aromatic N) is 4. The van der Waals surface area contributed by atoms with Crippen LogP contribution < -0.4 is 10.1 Å². The molecule has 7 heteroatoms. The fourth-order valence-electron chi connectivity index (χ4n) is 3.32. The zero-order valence-electron chi connectivity index (χ0n) is 16.8. The third kappa shape index (κ3) is 4.45. The summed E-state index contributed by atoms with van der Waals surface area (Å²) in [5, 5.41) is 15.0. The Morgan fingerprint density at radius 3 is 2.58 bits per heavy atom. The standard InChI is InChI=1S/C24H21N5O2/c30-24(18-11-9-17(10-12-18)16-31-22-7-2-1-3-8-22)25-20-6-4-5-19(15-20)23-26-27-28-29(23)21-13-14-21/h1-12,15,21H,13-14,16H2,(H,25,30). The number of amides is 1. The van der Waals surface area contributed by atoms with Gasteiger partial charge in [0.05, 0.1) is 6.04 Å². The molecular formula is C24H21N5O2. The zero-order valence-corrected chi connectivity index (χ0v) is 16.8. The predicted octanol–water partition coefficient (Wildman–Crippen LogP) is 4.51. The molecule has 1 aromatic heterocycles. The second-order valence-corrected chi connectivity index (χ2v) is 7.51. The highest BCUT2D eigenvalue weighted by molar-refractivity contribution is 6.04. The van der Waals surface area contributed by atoms with Crippen molar-refractivity contribution in [1.82, 2.24) is 20.2 Å². The fraction of sp³-hybridized carbons (Fsp3) is 0.167. The smallest absolute Gasteiger partial charge is 0.255 e. The highest BCUT2D eigenvalue weighted by Crippen LogP contribution is 2.36. The number of carbonyl (C=O) groups is 1. The minimum absolute atomic E-state index is 0.172. The summed E-state index contributed by atoms with van der Waals surface area (Å²) < 4.78 is 7.61. The Labute approximate surface area is 179 Å². The van der Waals surface area contributed by atoms with Gasteiger partial charge in [-0.15, -0.1) is 5.10 Å². The summed E-state index contributed by atoms with van der Waals surface area (Å²) in [6, 6.07) is 25.0. The number of tetrazole rings is 1. The first-order valence-electron chi connectivity index (χ1n) is 10.2. The van der Waals surface area contributed by atoms with Crippen LogP contribution in [0, 0.1) is 0 Å². The number of hydrogen-bond acceptors (Lipinski definition) is 5. The second-order valence-electron chi connectivity index (χ2n) is 7.51. The van der Waals surface area contributed by atoms with Crippen molar-refractivity contribution >= 4 is 11.6 Å². The Morgan fingerprint density at radius 1 is 1.00 bits per heavy atom. The van der Waals surface area contributed by atoms with Gasteiger partial charge in [-0.3, -0.25) is 4.79 Å².